The zero-order valence-electron chi connectivity index (χ0n) is 15.3. The number of carboxylic acid groups (broad SMARTS) is 1. The van der Waals surface area contributed by atoms with Crippen LogP contribution in [-0.4, -0.2) is 45.7 Å². The van der Waals surface area contributed by atoms with Crippen molar-refractivity contribution in [2.24, 2.45) is 5.41 Å². The highest BCUT2D eigenvalue weighted by Crippen LogP contribution is 2.32. The lowest BCUT2D eigenvalue weighted by Crippen LogP contribution is -2.37. The molecule has 2 aromatic rings. The number of hydrogen-bond donors (Lipinski definition) is 2. The van der Waals surface area contributed by atoms with Crippen molar-refractivity contribution in [3.63, 3.8) is 0 Å². The molecule has 0 radical (unpaired) electrons. The fourth-order valence-electron chi connectivity index (χ4n) is 2.94. The molecule has 0 amide bonds. The first kappa shape index (κ1) is 18.1. The number of pyridine rings is 1. The maximum absolute atomic E-state index is 10.8. The molecule has 1 saturated heterocycles. The van der Waals surface area contributed by atoms with Gasteiger partial charge in [0.2, 0.25) is 0 Å². The molecule has 0 atom stereocenters. The van der Waals surface area contributed by atoms with Crippen LogP contribution >= 0.6 is 0 Å². The van der Waals surface area contributed by atoms with Crippen LogP contribution in [0.5, 0.6) is 0 Å². The predicted molar refractivity (Wildman–Crippen MR) is 101 cm³/mol. The van der Waals surface area contributed by atoms with Crippen LogP contribution in [0.2, 0.25) is 0 Å². The van der Waals surface area contributed by atoms with E-state index in [0.717, 1.165) is 31.7 Å². The first-order chi connectivity index (χ1) is 12.4. The summed E-state index contributed by atoms with van der Waals surface area (Å²) in [6.07, 6.45) is 3.97. The van der Waals surface area contributed by atoms with Gasteiger partial charge >= 0.3 is 5.97 Å². The summed E-state index contributed by atoms with van der Waals surface area (Å²) in [5.41, 5.74) is 1.06. The number of carbonyl (C=O) groups is 1. The van der Waals surface area contributed by atoms with Gasteiger partial charge in [-0.2, -0.15) is 0 Å². The fraction of sp³-hybridized carbons (Fsp3) is 0.474. The second-order valence-corrected chi connectivity index (χ2v) is 7.37. The van der Waals surface area contributed by atoms with E-state index < -0.39 is 5.97 Å². The molecule has 0 bridgehead atoms. The number of aliphatic carboxylic acids is 1. The Kier molecular flexibility index (Phi) is 5.35. The first-order valence-electron chi connectivity index (χ1n) is 8.94. The third-order valence-electron chi connectivity index (χ3n) is 4.69. The smallest absolute Gasteiger partial charge is 0.305 e. The van der Waals surface area contributed by atoms with Gasteiger partial charge in [0.15, 0.2) is 5.82 Å². The summed E-state index contributed by atoms with van der Waals surface area (Å²) < 4.78 is 0. The van der Waals surface area contributed by atoms with E-state index in [9.17, 15) is 4.79 Å². The van der Waals surface area contributed by atoms with Crippen molar-refractivity contribution < 1.29 is 9.90 Å². The van der Waals surface area contributed by atoms with Gasteiger partial charge in [-0.3, -0.25) is 9.78 Å². The van der Waals surface area contributed by atoms with Crippen LogP contribution in [0.15, 0.2) is 30.5 Å². The number of nitrogens with one attached hydrogen (secondary N) is 1. The third-order valence-corrected chi connectivity index (χ3v) is 4.69. The van der Waals surface area contributed by atoms with Crippen LogP contribution in [-0.2, 0) is 4.79 Å². The zero-order chi connectivity index (χ0) is 18.6. The van der Waals surface area contributed by atoms with E-state index in [1.807, 2.05) is 24.3 Å². The topological polar surface area (TPSA) is 91.2 Å². The standard InChI is InChI=1S/C19H25N5O2/c1-19(2)7-11-24(12-8-19)16-13-15(21-10-6-17(25)26)22-18(23-16)14-5-3-4-9-20-14/h3-5,9,13H,6-8,10-12H2,1-2H3,(H,25,26)(H,21,22,23). The number of carboxylic acids is 1. The Labute approximate surface area is 153 Å². The molecular formula is C19H25N5O2. The Morgan fingerprint density at radius 2 is 2.04 bits per heavy atom. The number of aromatic nitrogens is 3. The Bertz CT molecular complexity index is 754. The zero-order valence-corrected chi connectivity index (χ0v) is 15.3. The average molecular weight is 355 g/mol. The molecule has 0 aromatic carbocycles. The van der Waals surface area contributed by atoms with Crippen LogP contribution < -0.4 is 10.2 Å². The van der Waals surface area contributed by atoms with Crippen molar-refractivity contribution in [2.75, 3.05) is 29.9 Å². The number of piperidine rings is 1. The lowest BCUT2D eigenvalue weighted by Gasteiger charge is -2.37. The van der Waals surface area contributed by atoms with Gasteiger partial charge in [0.1, 0.15) is 17.3 Å². The number of rotatable bonds is 6. The van der Waals surface area contributed by atoms with Gasteiger partial charge in [-0.05, 0) is 30.4 Å². The molecule has 1 fully saturated rings. The molecule has 2 aromatic heterocycles. The van der Waals surface area contributed by atoms with Crippen molar-refractivity contribution in [1.82, 2.24) is 15.0 Å². The van der Waals surface area contributed by atoms with Crippen LogP contribution in [0.1, 0.15) is 33.1 Å². The average Bonchev–Trinajstić information content (AvgIpc) is 2.62. The molecular weight excluding hydrogens is 330 g/mol. The van der Waals surface area contributed by atoms with Crippen molar-refractivity contribution in [1.29, 1.82) is 0 Å². The SMILES string of the molecule is CC1(C)CCN(c2cc(NCCC(=O)O)nc(-c3ccccn3)n2)CC1. The largest absolute Gasteiger partial charge is 0.481 e. The van der Waals surface area contributed by atoms with Crippen molar-refractivity contribution in [3.05, 3.63) is 30.5 Å². The summed E-state index contributed by atoms with van der Waals surface area (Å²) in [4.78, 5) is 26.6. The van der Waals surface area contributed by atoms with Crippen molar-refractivity contribution in [3.8, 4) is 11.5 Å². The summed E-state index contributed by atoms with van der Waals surface area (Å²) in [5.74, 6) is 1.19. The molecule has 2 N–H and O–H groups in total. The molecule has 7 heteroatoms. The molecule has 3 rings (SSSR count). The van der Waals surface area contributed by atoms with E-state index >= 15 is 0 Å². The molecule has 0 unspecified atom stereocenters. The third kappa shape index (κ3) is 4.68. The van der Waals surface area contributed by atoms with Gasteiger partial charge in [-0.25, -0.2) is 9.97 Å². The second-order valence-electron chi connectivity index (χ2n) is 7.37. The molecule has 0 spiro atoms. The van der Waals surface area contributed by atoms with E-state index in [2.05, 4.69) is 34.0 Å². The minimum absolute atomic E-state index is 0.0379. The molecule has 7 nitrogen and oxygen atoms in total. The monoisotopic (exact) mass is 355 g/mol. The van der Waals surface area contributed by atoms with Crippen molar-refractivity contribution >= 4 is 17.6 Å². The molecule has 0 aliphatic carbocycles. The lowest BCUT2D eigenvalue weighted by molar-refractivity contribution is -0.136. The summed E-state index contributed by atoms with van der Waals surface area (Å²) in [5, 5.41) is 11.9. The van der Waals surface area contributed by atoms with Gasteiger partial charge in [0.05, 0.1) is 6.42 Å². The van der Waals surface area contributed by atoms with Crippen LogP contribution in [0, 0.1) is 5.41 Å². The molecule has 138 valence electrons. The summed E-state index contributed by atoms with van der Waals surface area (Å²) in [6, 6.07) is 7.53. The maximum Gasteiger partial charge on any atom is 0.305 e. The lowest BCUT2D eigenvalue weighted by atomic mass is 9.83. The highest BCUT2D eigenvalue weighted by atomic mass is 16.4. The Balaban J connectivity index is 1.86. The minimum atomic E-state index is -0.838. The van der Waals surface area contributed by atoms with Crippen LogP contribution in [0.4, 0.5) is 11.6 Å². The van der Waals surface area contributed by atoms with Gasteiger partial charge in [0, 0.05) is 31.9 Å². The molecule has 1 aliphatic rings. The Hall–Kier alpha value is -2.70. The number of anilines is 2. The van der Waals surface area contributed by atoms with Gasteiger partial charge in [0.25, 0.3) is 0 Å². The Morgan fingerprint density at radius 1 is 1.27 bits per heavy atom. The predicted octanol–water partition coefficient (Wildman–Crippen LogP) is 3.05. The van der Waals surface area contributed by atoms with E-state index in [1.54, 1.807) is 6.20 Å². The minimum Gasteiger partial charge on any atom is -0.481 e. The second kappa shape index (κ2) is 7.68. The summed E-state index contributed by atoms with van der Waals surface area (Å²) in [6.45, 7) is 6.80. The normalized spacial score (nSPS) is 16.3. The summed E-state index contributed by atoms with van der Waals surface area (Å²) in [7, 11) is 0. The highest BCUT2D eigenvalue weighted by Gasteiger charge is 2.26. The van der Waals surface area contributed by atoms with Gasteiger partial charge in [-0.1, -0.05) is 19.9 Å². The molecule has 0 saturated carbocycles. The van der Waals surface area contributed by atoms with Gasteiger partial charge in [-0.15, -0.1) is 0 Å². The van der Waals surface area contributed by atoms with E-state index in [4.69, 9.17) is 10.1 Å². The number of nitrogens with zero attached hydrogens (tertiary/aromatic N) is 4. The Morgan fingerprint density at radius 3 is 2.69 bits per heavy atom. The van der Waals surface area contributed by atoms with Gasteiger partial charge < -0.3 is 15.3 Å². The molecule has 26 heavy (non-hydrogen) atoms. The van der Waals surface area contributed by atoms with Crippen LogP contribution in [0.3, 0.4) is 0 Å². The highest BCUT2D eigenvalue weighted by molar-refractivity contribution is 5.67. The summed E-state index contributed by atoms with van der Waals surface area (Å²) >= 11 is 0. The molecule has 3 heterocycles. The van der Waals surface area contributed by atoms with E-state index in [1.165, 1.54) is 0 Å². The fourth-order valence-corrected chi connectivity index (χ4v) is 2.94. The van der Waals surface area contributed by atoms with Crippen LogP contribution in [0.25, 0.3) is 11.5 Å². The van der Waals surface area contributed by atoms with E-state index in [-0.39, 0.29) is 6.42 Å². The molecule has 1 aliphatic heterocycles. The van der Waals surface area contributed by atoms with E-state index in [0.29, 0.717) is 29.3 Å². The number of hydrogen-bond acceptors (Lipinski definition) is 6. The maximum atomic E-state index is 10.8. The first-order valence-corrected chi connectivity index (χ1v) is 8.94. The quantitative estimate of drug-likeness (QED) is 0.823. The van der Waals surface area contributed by atoms with Crippen molar-refractivity contribution in [2.45, 2.75) is 33.1 Å².